The van der Waals surface area contributed by atoms with E-state index >= 15 is 0 Å². The quantitative estimate of drug-likeness (QED) is 0.685. The van der Waals surface area contributed by atoms with Gasteiger partial charge >= 0.3 is 0 Å². The Morgan fingerprint density at radius 1 is 1.06 bits per heavy atom. The molecular formula is C16H16BrF. The largest absolute Gasteiger partial charge is 0.207 e. The Hall–Kier alpha value is -1.15. The Morgan fingerprint density at radius 2 is 1.67 bits per heavy atom. The zero-order valence-electron chi connectivity index (χ0n) is 10.6. The number of halogens is 2. The lowest BCUT2D eigenvalue weighted by Gasteiger charge is -2.12. The van der Waals surface area contributed by atoms with Crippen LogP contribution in [0.25, 0.3) is 0 Å². The predicted octanol–water partition coefficient (Wildman–Crippen LogP) is 5.18. The summed E-state index contributed by atoms with van der Waals surface area (Å²) in [5, 5.41) is 0. The Labute approximate surface area is 116 Å². The molecule has 0 fully saturated rings. The van der Waals surface area contributed by atoms with Crippen LogP contribution >= 0.6 is 15.9 Å². The maximum Gasteiger partial charge on any atom is 0.126 e. The van der Waals surface area contributed by atoms with Gasteiger partial charge in [0.15, 0.2) is 0 Å². The van der Waals surface area contributed by atoms with E-state index in [9.17, 15) is 4.39 Å². The normalized spacial score (nSPS) is 12.4. The zero-order chi connectivity index (χ0) is 13.1. The fourth-order valence-electron chi connectivity index (χ4n) is 1.88. The van der Waals surface area contributed by atoms with Gasteiger partial charge in [0, 0.05) is 0 Å². The first-order chi connectivity index (χ1) is 8.61. The standard InChI is InChI=1S/C16H16BrF/c1-3-12-5-8-13(9-6-12)16(17)14-7-4-11(2)15(18)10-14/h4-10,16H,3H2,1-2H3. The van der Waals surface area contributed by atoms with Crippen LogP contribution in [-0.2, 0) is 6.42 Å². The minimum atomic E-state index is -0.151. The van der Waals surface area contributed by atoms with Crippen LogP contribution in [0.4, 0.5) is 4.39 Å². The average molecular weight is 307 g/mol. The molecule has 0 aliphatic heterocycles. The molecule has 2 heteroatoms. The molecule has 0 heterocycles. The zero-order valence-corrected chi connectivity index (χ0v) is 12.2. The molecule has 0 spiro atoms. The molecule has 0 saturated carbocycles. The molecule has 0 radical (unpaired) electrons. The van der Waals surface area contributed by atoms with Gasteiger partial charge in [0.2, 0.25) is 0 Å². The fourth-order valence-corrected chi connectivity index (χ4v) is 2.47. The van der Waals surface area contributed by atoms with Crippen molar-refractivity contribution in [3.05, 3.63) is 70.5 Å². The van der Waals surface area contributed by atoms with E-state index in [2.05, 4.69) is 47.1 Å². The van der Waals surface area contributed by atoms with Crippen molar-refractivity contribution >= 4 is 15.9 Å². The van der Waals surface area contributed by atoms with Gasteiger partial charge < -0.3 is 0 Å². The topological polar surface area (TPSA) is 0 Å². The molecule has 18 heavy (non-hydrogen) atoms. The first-order valence-corrected chi connectivity index (χ1v) is 7.02. The smallest absolute Gasteiger partial charge is 0.126 e. The molecule has 94 valence electrons. The van der Waals surface area contributed by atoms with E-state index in [0.29, 0.717) is 5.56 Å². The van der Waals surface area contributed by atoms with E-state index in [0.717, 1.165) is 17.5 Å². The maximum absolute atomic E-state index is 13.6. The third-order valence-electron chi connectivity index (χ3n) is 3.17. The molecule has 0 N–H and O–H groups in total. The number of aryl methyl sites for hydroxylation is 2. The third kappa shape index (κ3) is 2.81. The van der Waals surface area contributed by atoms with E-state index in [-0.39, 0.29) is 10.6 Å². The van der Waals surface area contributed by atoms with Crippen LogP contribution in [-0.4, -0.2) is 0 Å². The third-order valence-corrected chi connectivity index (χ3v) is 4.23. The van der Waals surface area contributed by atoms with Crippen LogP contribution in [0, 0.1) is 12.7 Å². The highest BCUT2D eigenvalue weighted by molar-refractivity contribution is 9.09. The van der Waals surface area contributed by atoms with Crippen molar-refractivity contribution in [2.75, 3.05) is 0 Å². The summed E-state index contributed by atoms with van der Waals surface area (Å²) in [7, 11) is 0. The molecule has 2 aromatic carbocycles. The average Bonchev–Trinajstić information content (AvgIpc) is 2.41. The Bertz CT molecular complexity index is 531. The highest BCUT2D eigenvalue weighted by atomic mass is 79.9. The highest BCUT2D eigenvalue weighted by Gasteiger charge is 2.11. The van der Waals surface area contributed by atoms with Crippen molar-refractivity contribution in [2.45, 2.75) is 25.1 Å². The van der Waals surface area contributed by atoms with Crippen molar-refractivity contribution in [1.82, 2.24) is 0 Å². The summed E-state index contributed by atoms with van der Waals surface area (Å²) in [6, 6.07) is 13.8. The lowest BCUT2D eigenvalue weighted by Crippen LogP contribution is -1.95. The Balaban J connectivity index is 2.28. The van der Waals surface area contributed by atoms with E-state index in [4.69, 9.17) is 0 Å². The molecule has 2 aromatic rings. The van der Waals surface area contributed by atoms with Gasteiger partial charge in [-0.25, -0.2) is 4.39 Å². The van der Waals surface area contributed by atoms with Crippen molar-refractivity contribution in [1.29, 1.82) is 0 Å². The summed E-state index contributed by atoms with van der Waals surface area (Å²) in [6.45, 7) is 3.91. The molecule has 0 saturated heterocycles. The van der Waals surface area contributed by atoms with Crippen LogP contribution in [0.2, 0.25) is 0 Å². The van der Waals surface area contributed by atoms with Gasteiger partial charge in [-0.3, -0.25) is 0 Å². The van der Waals surface area contributed by atoms with Crippen molar-refractivity contribution in [2.24, 2.45) is 0 Å². The van der Waals surface area contributed by atoms with E-state index in [1.165, 1.54) is 5.56 Å². The molecule has 0 aliphatic rings. The van der Waals surface area contributed by atoms with Gasteiger partial charge in [-0.05, 0) is 41.7 Å². The summed E-state index contributed by atoms with van der Waals surface area (Å²) in [4.78, 5) is 0.0403. The van der Waals surface area contributed by atoms with Crippen molar-refractivity contribution in [3.8, 4) is 0 Å². The number of benzene rings is 2. The van der Waals surface area contributed by atoms with Crippen molar-refractivity contribution < 1.29 is 4.39 Å². The summed E-state index contributed by atoms with van der Waals surface area (Å²) in [6.07, 6.45) is 1.03. The fraction of sp³-hybridized carbons (Fsp3) is 0.250. The molecular weight excluding hydrogens is 291 g/mol. The van der Waals surface area contributed by atoms with Gasteiger partial charge in [0.05, 0.1) is 4.83 Å². The first kappa shape index (κ1) is 13.3. The lowest BCUT2D eigenvalue weighted by atomic mass is 10.0. The summed E-state index contributed by atoms with van der Waals surface area (Å²) < 4.78 is 13.6. The Morgan fingerprint density at radius 3 is 2.22 bits per heavy atom. The van der Waals surface area contributed by atoms with E-state index < -0.39 is 0 Å². The van der Waals surface area contributed by atoms with Gasteiger partial charge in [-0.15, -0.1) is 0 Å². The molecule has 1 unspecified atom stereocenters. The summed E-state index contributed by atoms with van der Waals surface area (Å²) in [5.74, 6) is -0.151. The molecule has 0 amide bonds. The van der Waals surface area contributed by atoms with Crippen LogP contribution < -0.4 is 0 Å². The molecule has 1 atom stereocenters. The Kier molecular flexibility index (Phi) is 4.18. The monoisotopic (exact) mass is 306 g/mol. The summed E-state index contributed by atoms with van der Waals surface area (Å²) in [5.41, 5.74) is 4.09. The van der Waals surface area contributed by atoms with Gasteiger partial charge in [0.25, 0.3) is 0 Å². The highest BCUT2D eigenvalue weighted by Crippen LogP contribution is 2.31. The number of rotatable bonds is 3. The van der Waals surface area contributed by atoms with Crippen LogP contribution in [0.1, 0.15) is 34.0 Å². The van der Waals surface area contributed by atoms with E-state index in [1.54, 1.807) is 13.0 Å². The molecule has 0 aromatic heterocycles. The lowest BCUT2D eigenvalue weighted by molar-refractivity contribution is 0.616. The number of hydrogen-bond donors (Lipinski definition) is 0. The van der Waals surface area contributed by atoms with Gasteiger partial charge in [-0.2, -0.15) is 0 Å². The molecule has 0 nitrogen and oxygen atoms in total. The van der Waals surface area contributed by atoms with Gasteiger partial charge in [0.1, 0.15) is 5.82 Å². The van der Waals surface area contributed by atoms with Gasteiger partial charge in [-0.1, -0.05) is 59.3 Å². The maximum atomic E-state index is 13.6. The molecule has 0 bridgehead atoms. The minimum absolute atomic E-state index is 0.0403. The van der Waals surface area contributed by atoms with Crippen molar-refractivity contribution in [3.63, 3.8) is 0 Å². The van der Waals surface area contributed by atoms with Crippen LogP contribution in [0.15, 0.2) is 42.5 Å². The van der Waals surface area contributed by atoms with Crippen LogP contribution in [0.5, 0.6) is 0 Å². The second kappa shape index (κ2) is 5.66. The number of alkyl halides is 1. The number of hydrogen-bond acceptors (Lipinski definition) is 0. The van der Waals surface area contributed by atoms with E-state index in [1.807, 2.05) is 12.1 Å². The SMILES string of the molecule is CCc1ccc(C(Br)c2ccc(C)c(F)c2)cc1. The summed E-state index contributed by atoms with van der Waals surface area (Å²) >= 11 is 3.63. The first-order valence-electron chi connectivity index (χ1n) is 6.10. The molecule has 0 aliphatic carbocycles. The van der Waals surface area contributed by atoms with Crippen LogP contribution in [0.3, 0.4) is 0 Å². The minimum Gasteiger partial charge on any atom is -0.207 e. The molecule has 2 rings (SSSR count). The predicted molar refractivity (Wildman–Crippen MR) is 77.7 cm³/mol. The second-order valence-electron chi connectivity index (χ2n) is 4.47. The second-order valence-corrected chi connectivity index (χ2v) is 5.38.